The molecule has 0 aliphatic rings. The van der Waals surface area contributed by atoms with Crippen molar-refractivity contribution >= 4 is 23.5 Å². The van der Waals surface area contributed by atoms with Crippen LogP contribution < -0.4 is 10.6 Å². The summed E-state index contributed by atoms with van der Waals surface area (Å²) in [5.74, 6) is 2.38. The van der Waals surface area contributed by atoms with Crippen LogP contribution in [0.25, 0.3) is 5.69 Å². The van der Waals surface area contributed by atoms with Gasteiger partial charge >= 0.3 is 6.03 Å². The van der Waals surface area contributed by atoms with Gasteiger partial charge in [0.25, 0.3) is 0 Å². The average Bonchev–Trinajstić information content (AvgIpc) is 2.85. The van der Waals surface area contributed by atoms with Crippen LogP contribution in [-0.4, -0.2) is 38.8 Å². The molecular formula is C16H23N5OS. The standard InChI is InChI=1S/C16H23N5OS/c1-5-13(10-23-4)18-16(22)19-14-8-6-7-9-15(14)21-12(3)17-11(2)20-21/h6-9,13H,5,10H2,1-4H3,(H2,18,19,22). The van der Waals surface area contributed by atoms with E-state index in [4.69, 9.17) is 0 Å². The number of aromatic nitrogens is 3. The first kappa shape index (κ1) is 17.3. The lowest BCUT2D eigenvalue weighted by atomic mass is 10.2. The maximum atomic E-state index is 12.3. The minimum atomic E-state index is -0.201. The molecule has 7 heteroatoms. The zero-order valence-electron chi connectivity index (χ0n) is 14.0. The number of para-hydroxylation sites is 2. The van der Waals surface area contributed by atoms with E-state index >= 15 is 0 Å². The maximum Gasteiger partial charge on any atom is 0.319 e. The number of nitrogens with zero attached hydrogens (tertiary/aromatic N) is 3. The first-order valence-corrected chi connectivity index (χ1v) is 9.00. The Morgan fingerprint density at radius 2 is 2.09 bits per heavy atom. The van der Waals surface area contributed by atoms with E-state index in [0.29, 0.717) is 11.5 Å². The third-order valence-electron chi connectivity index (χ3n) is 3.45. The molecule has 0 fully saturated rings. The quantitative estimate of drug-likeness (QED) is 0.852. The van der Waals surface area contributed by atoms with Crippen molar-refractivity contribution in [3.05, 3.63) is 35.9 Å². The molecule has 1 unspecified atom stereocenters. The highest BCUT2D eigenvalue weighted by molar-refractivity contribution is 7.98. The van der Waals surface area contributed by atoms with Crippen LogP contribution in [0.1, 0.15) is 25.0 Å². The van der Waals surface area contributed by atoms with Crippen molar-refractivity contribution in [2.75, 3.05) is 17.3 Å². The zero-order valence-corrected chi connectivity index (χ0v) is 14.8. The van der Waals surface area contributed by atoms with Crippen molar-refractivity contribution in [2.45, 2.75) is 33.2 Å². The smallest absolute Gasteiger partial charge is 0.319 e. The second kappa shape index (κ2) is 8.01. The monoisotopic (exact) mass is 333 g/mol. The zero-order chi connectivity index (χ0) is 16.8. The molecule has 124 valence electrons. The summed E-state index contributed by atoms with van der Waals surface area (Å²) >= 11 is 1.72. The number of carbonyl (C=O) groups excluding carboxylic acids is 1. The van der Waals surface area contributed by atoms with Crippen molar-refractivity contribution in [1.29, 1.82) is 0 Å². The van der Waals surface area contributed by atoms with Gasteiger partial charge in [-0.2, -0.15) is 16.9 Å². The second-order valence-electron chi connectivity index (χ2n) is 5.29. The number of amides is 2. The molecule has 1 atom stereocenters. The highest BCUT2D eigenvalue weighted by Gasteiger charge is 2.14. The number of aryl methyl sites for hydroxylation is 2. The number of anilines is 1. The normalized spacial score (nSPS) is 12.0. The Bertz CT molecular complexity index is 670. The summed E-state index contributed by atoms with van der Waals surface area (Å²) in [6.07, 6.45) is 2.94. The van der Waals surface area contributed by atoms with Gasteiger partial charge in [-0.1, -0.05) is 19.1 Å². The van der Waals surface area contributed by atoms with E-state index in [1.807, 2.05) is 44.4 Å². The fourth-order valence-corrected chi connectivity index (χ4v) is 3.04. The fourth-order valence-electron chi connectivity index (χ4n) is 2.32. The summed E-state index contributed by atoms with van der Waals surface area (Å²) < 4.78 is 1.74. The summed E-state index contributed by atoms with van der Waals surface area (Å²) in [5.41, 5.74) is 1.51. The van der Waals surface area contributed by atoms with Gasteiger partial charge in [-0.15, -0.1) is 0 Å². The lowest BCUT2D eigenvalue weighted by Gasteiger charge is -2.17. The van der Waals surface area contributed by atoms with Crippen molar-refractivity contribution in [1.82, 2.24) is 20.1 Å². The molecule has 1 aromatic heterocycles. The molecule has 2 aromatic rings. The van der Waals surface area contributed by atoms with Gasteiger partial charge in [0, 0.05) is 11.8 Å². The number of rotatable bonds is 6. The lowest BCUT2D eigenvalue weighted by Crippen LogP contribution is -2.39. The largest absolute Gasteiger partial charge is 0.334 e. The maximum absolute atomic E-state index is 12.3. The number of hydrogen-bond donors (Lipinski definition) is 2. The topological polar surface area (TPSA) is 71.8 Å². The lowest BCUT2D eigenvalue weighted by molar-refractivity contribution is 0.249. The Labute approximate surface area is 141 Å². The van der Waals surface area contributed by atoms with E-state index in [9.17, 15) is 4.79 Å². The van der Waals surface area contributed by atoms with Crippen molar-refractivity contribution in [3.63, 3.8) is 0 Å². The Balaban J connectivity index is 2.18. The molecule has 0 spiro atoms. The summed E-state index contributed by atoms with van der Waals surface area (Å²) in [5, 5.41) is 10.3. The second-order valence-corrected chi connectivity index (χ2v) is 6.20. The van der Waals surface area contributed by atoms with Crippen LogP contribution in [-0.2, 0) is 0 Å². The van der Waals surface area contributed by atoms with Gasteiger partial charge in [-0.05, 0) is 38.7 Å². The van der Waals surface area contributed by atoms with Gasteiger partial charge in [0.15, 0.2) is 0 Å². The summed E-state index contributed by atoms with van der Waals surface area (Å²) in [7, 11) is 0. The Morgan fingerprint density at radius 1 is 1.35 bits per heavy atom. The molecule has 6 nitrogen and oxygen atoms in total. The third-order valence-corrected chi connectivity index (χ3v) is 4.19. The van der Waals surface area contributed by atoms with E-state index in [1.165, 1.54) is 0 Å². The van der Waals surface area contributed by atoms with E-state index in [1.54, 1.807) is 16.4 Å². The molecule has 0 saturated carbocycles. The Morgan fingerprint density at radius 3 is 2.70 bits per heavy atom. The SMILES string of the molecule is CCC(CSC)NC(=O)Nc1ccccc1-n1nc(C)nc1C. The molecule has 0 radical (unpaired) electrons. The van der Waals surface area contributed by atoms with Crippen LogP contribution >= 0.6 is 11.8 Å². The first-order chi connectivity index (χ1) is 11.0. The predicted octanol–water partition coefficient (Wildman–Crippen LogP) is 3.15. The van der Waals surface area contributed by atoms with E-state index < -0.39 is 0 Å². The van der Waals surface area contributed by atoms with Crippen LogP contribution in [0.2, 0.25) is 0 Å². The highest BCUT2D eigenvalue weighted by atomic mass is 32.2. The molecule has 2 rings (SSSR count). The van der Waals surface area contributed by atoms with E-state index in [0.717, 1.165) is 23.7 Å². The molecule has 23 heavy (non-hydrogen) atoms. The van der Waals surface area contributed by atoms with Crippen molar-refractivity contribution in [2.24, 2.45) is 0 Å². The van der Waals surface area contributed by atoms with Crippen LogP contribution in [0.4, 0.5) is 10.5 Å². The van der Waals surface area contributed by atoms with Gasteiger partial charge in [0.1, 0.15) is 11.6 Å². The minimum absolute atomic E-state index is 0.160. The number of urea groups is 1. The fraction of sp³-hybridized carbons (Fsp3) is 0.438. The molecule has 0 saturated heterocycles. The minimum Gasteiger partial charge on any atom is -0.334 e. The number of thioether (sulfide) groups is 1. The Kier molecular flexibility index (Phi) is 6.04. The first-order valence-electron chi connectivity index (χ1n) is 7.61. The summed E-state index contributed by atoms with van der Waals surface area (Å²) in [6.45, 7) is 5.81. The number of benzene rings is 1. The van der Waals surface area contributed by atoms with Gasteiger partial charge in [0.05, 0.1) is 11.4 Å². The molecule has 2 amide bonds. The number of carbonyl (C=O) groups is 1. The van der Waals surface area contributed by atoms with Gasteiger partial charge in [-0.25, -0.2) is 14.5 Å². The predicted molar refractivity (Wildman–Crippen MR) is 95.4 cm³/mol. The molecule has 1 heterocycles. The molecule has 1 aromatic carbocycles. The summed E-state index contributed by atoms with van der Waals surface area (Å²) in [6, 6.07) is 7.53. The van der Waals surface area contributed by atoms with Crippen molar-refractivity contribution < 1.29 is 4.79 Å². The molecular weight excluding hydrogens is 310 g/mol. The van der Waals surface area contributed by atoms with Gasteiger partial charge in [-0.3, -0.25) is 0 Å². The molecule has 0 bridgehead atoms. The number of hydrogen-bond acceptors (Lipinski definition) is 4. The van der Waals surface area contributed by atoms with E-state index in [2.05, 4.69) is 27.6 Å². The summed E-state index contributed by atoms with van der Waals surface area (Å²) in [4.78, 5) is 16.6. The highest BCUT2D eigenvalue weighted by Crippen LogP contribution is 2.20. The van der Waals surface area contributed by atoms with Crippen LogP contribution in [0, 0.1) is 13.8 Å². The molecule has 0 aliphatic heterocycles. The van der Waals surface area contributed by atoms with Gasteiger partial charge < -0.3 is 10.6 Å². The Hall–Kier alpha value is -2.02. The van der Waals surface area contributed by atoms with Gasteiger partial charge in [0.2, 0.25) is 0 Å². The van der Waals surface area contributed by atoms with Crippen LogP contribution in [0.5, 0.6) is 0 Å². The van der Waals surface area contributed by atoms with Crippen molar-refractivity contribution in [3.8, 4) is 5.69 Å². The average molecular weight is 333 g/mol. The third kappa shape index (κ3) is 4.48. The van der Waals surface area contributed by atoms with Crippen LogP contribution in [0.15, 0.2) is 24.3 Å². The van der Waals surface area contributed by atoms with Crippen LogP contribution in [0.3, 0.4) is 0 Å². The molecule has 0 aliphatic carbocycles. The molecule has 2 N–H and O–H groups in total. The number of nitrogens with one attached hydrogen (secondary N) is 2. The van der Waals surface area contributed by atoms with E-state index in [-0.39, 0.29) is 12.1 Å².